The second-order valence-electron chi connectivity index (χ2n) is 2.56. The fourth-order valence-electron chi connectivity index (χ4n) is 1.01. The van der Waals surface area contributed by atoms with Crippen LogP contribution >= 0.6 is 0 Å². The van der Waals surface area contributed by atoms with Crippen LogP contribution in [0.4, 0.5) is 4.39 Å². The molecule has 0 aliphatic rings. The van der Waals surface area contributed by atoms with Crippen LogP contribution in [0.1, 0.15) is 5.56 Å². The first-order valence-corrected chi connectivity index (χ1v) is 3.83. The van der Waals surface area contributed by atoms with Gasteiger partial charge < -0.3 is 10.4 Å². The predicted molar refractivity (Wildman–Crippen MR) is 45.4 cm³/mol. The van der Waals surface area contributed by atoms with Crippen LogP contribution in [0.2, 0.25) is 0 Å². The molecule has 0 heterocycles. The maximum atomic E-state index is 13.0. The number of hydrogen-bond acceptors (Lipinski definition) is 3. The van der Waals surface area contributed by atoms with Crippen molar-refractivity contribution in [1.29, 1.82) is 5.26 Å². The molecule has 0 saturated heterocycles. The quantitative estimate of drug-likeness (QED) is 0.415. The first-order valence-electron chi connectivity index (χ1n) is 3.83. The highest BCUT2D eigenvalue weighted by Gasteiger charge is 2.02. The molecule has 0 aromatic heterocycles. The summed E-state index contributed by atoms with van der Waals surface area (Å²) in [6, 6.07) is 3.85. The van der Waals surface area contributed by atoms with Gasteiger partial charge in [0, 0.05) is 6.54 Å². The number of phenolic OH excluding ortho intramolecular Hbond substituents is 1. The minimum absolute atomic E-state index is 0.0355. The molecule has 0 radical (unpaired) electrons. The summed E-state index contributed by atoms with van der Waals surface area (Å²) >= 11 is 0. The van der Waals surface area contributed by atoms with Crippen LogP contribution in [0.5, 0.6) is 5.75 Å². The lowest BCUT2D eigenvalue weighted by Crippen LogP contribution is -2.10. The number of halogens is 1. The Morgan fingerprint density at radius 3 is 3.00 bits per heavy atom. The number of hydrogen-bond donors (Lipinski definition) is 2. The number of rotatable bonds is 3. The van der Waals surface area contributed by atoms with Gasteiger partial charge in [0.05, 0.1) is 0 Å². The monoisotopic (exact) mass is 179 g/mol. The van der Waals surface area contributed by atoms with Crippen LogP contribution in [0, 0.1) is 17.3 Å². The first kappa shape index (κ1) is 9.33. The molecule has 2 N–H and O–H groups in total. The molecular weight excluding hydrogens is 170 g/mol. The van der Waals surface area contributed by atoms with E-state index in [9.17, 15) is 4.39 Å². The van der Waals surface area contributed by atoms with Gasteiger partial charge in [-0.05, 0) is 30.2 Å². The van der Waals surface area contributed by atoms with Gasteiger partial charge in [-0.25, -0.2) is 4.39 Å². The molecule has 0 bridgehead atoms. The van der Waals surface area contributed by atoms with E-state index in [1.807, 2.05) is 0 Å². The lowest BCUT2D eigenvalue weighted by Gasteiger charge is -2.02. The SMILES string of the molecule is N#[11C]NCCc1cc(O)ccc1F. The van der Waals surface area contributed by atoms with E-state index < -0.39 is 0 Å². The van der Waals surface area contributed by atoms with Gasteiger partial charge in [0.1, 0.15) is 11.6 Å². The van der Waals surface area contributed by atoms with E-state index in [0.717, 1.165) is 0 Å². The van der Waals surface area contributed by atoms with Crippen molar-refractivity contribution < 1.29 is 9.50 Å². The van der Waals surface area contributed by atoms with E-state index in [1.165, 1.54) is 18.2 Å². The van der Waals surface area contributed by atoms with Crippen molar-refractivity contribution in [1.82, 2.24) is 5.32 Å². The summed E-state index contributed by atoms with van der Waals surface area (Å²) in [5.74, 6) is -0.328. The van der Waals surface area contributed by atoms with E-state index >= 15 is 0 Å². The molecule has 0 saturated carbocycles. The normalized spacial score (nSPS) is 9.23. The largest absolute Gasteiger partial charge is 0.508 e. The fraction of sp³-hybridized carbons (Fsp3) is 0.222. The van der Waals surface area contributed by atoms with Crippen LogP contribution in [0.3, 0.4) is 0 Å². The number of nitrogens with zero attached hydrogens (tertiary/aromatic N) is 1. The Labute approximate surface area is 75.4 Å². The Bertz CT molecular complexity index is 333. The molecule has 1 aromatic carbocycles. The number of aromatic hydroxyl groups is 1. The van der Waals surface area contributed by atoms with E-state index in [1.54, 1.807) is 6.19 Å². The Morgan fingerprint density at radius 2 is 2.31 bits per heavy atom. The van der Waals surface area contributed by atoms with Crippen molar-refractivity contribution in [2.24, 2.45) is 0 Å². The summed E-state index contributed by atoms with van der Waals surface area (Å²) in [4.78, 5) is 0. The summed E-state index contributed by atoms with van der Waals surface area (Å²) in [5, 5.41) is 19.6. The van der Waals surface area contributed by atoms with Crippen molar-refractivity contribution in [2.75, 3.05) is 6.54 Å². The van der Waals surface area contributed by atoms with Crippen molar-refractivity contribution in [3.05, 3.63) is 29.6 Å². The Kier molecular flexibility index (Phi) is 3.09. The molecule has 0 fully saturated rings. The highest BCUT2D eigenvalue weighted by Crippen LogP contribution is 2.15. The highest BCUT2D eigenvalue weighted by atomic mass is 19.1. The van der Waals surface area contributed by atoms with Crippen molar-refractivity contribution in [3.8, 4) is 11.9 Å². The minimum Gasteiger partial charge on any atom is -0.508 e. The Balaban J connectivity index is 2.65. The average Bonchev–Trinajstić information content (AvgIpc) is 2.11. The van der Waals surface area contributed by atoms with E-state index in [0.29, 0.717) is 18.5 Å². The second kappa shape index (κ2) is 4.31. The van der Waals surface area contributed by atoms with Gasteiger partial charge in [0.15, 0.2) is 6.19 Å². The number of phenols is 1. The predicted octanol–water partition coefficient (Wildman–Crippen LogP) is 1.14. The van der Waals surface area contributed by atoms with E-state index in [-0.39, 0.29) is 11.6 Å². The molecule has 0 atom stereocenters. The minimum atomic E-state index is -0.363. The molecule has 0 amide bonds. The van der Waals surface area contributed by atoms with Gasteiger partial charge in [0.2, 0.25) is 0 Å². The van der Waals surface area contributed by atoms with Gasteiger partial charge in [-0.1, -0.05) is 0 Å². The molecule has 1 aromatic rings. The zero-order valence-electron chi connectivity index (χ0n) is 6.92. The summed E-state index contributed by atoms with van der Waals surface area (Å²) in [6.45, 7) is 0.372. The molecule has 13 heavy (non-hydrogen) atoms. The number of benzene rings is 1. The standard InChI is InChI=1S/C9H9FN2O/c10-9-2-1-8(13)5-7(9)3-4-12-6-11/h1-2,5,12-13H,3-4H2/i6-1. The Hall–Kier alpha value is -1.76. The van der Waals surface area contributed by atoms with E-state index in [2.05, 4.69) is 5.32 Å². The van der Waals surface area contributed by atoms with Crippen LogP contribution in [0.15, 0.2) is 18.2 Å². The summed E-state index contributed by atoms with van der Waals surface area (Å²) in [7, 11) is 0. The summed E-state index contributed by atoms with van der Waals surface area (Å²) < 4.78 is 13.0. The van der Waals surface area contributed by atoms with Gasteiger partial charge in [0.25, 0.3) is 0 Å². The molecule has 0 spiro atoms. The lowest BCUT2D eigenvalue weighted by atomic mass is 10.1. The zero-order chi connectivity index (χ0) is 9.68. The van der Waals surface area contributed by atoms with Crippen molar-refractivity contribution in [3.63, 3.8) is 0 Å². The third-order valence-corrected chi connectivity index (χ3v) is 1.63. The van der Waals surface area contributed by atoms with Crippen molar-refractivity contribution in [2.45, 2.75) is 6.42 Å². The third-order valence-electron chi connectivity index (χ3n) is 1.63. The third kappa shape index (κ3) is 2.64. The molecule has 0 aliphatic carbocycles. The first-order chi connectivity index (χ1) is 6.24. The van der Waals surface area contributed by atoms with Gasteiger partial charge in [-0.2, -0.15) is 5.26 Å². The summed E-state index contributed by atoms with van der Waals surface area (Å²) in [5.41, 5.74) is 0.405. The molecule has 68 valence electrons. The molecule has 4 heteroatoms. The second-order valence-corrected chi connectivity index (χ2v) is 2.56. The smallest absolute Gasteiger partial charge is 0.176 e. The Morgan fingerprint density at radius 1 is 1.54 bits per heavy atom. The molecule has 0 aliphatic heterocycles. The average molecular weight is 179 g/mol. The maximum Gasteiger partial charge on any atom is 0.176 e. The number of nitriles is 1. The van der Waals surface area contributed by atoms with Gasteiger partial charge >= 0.3 is 0 Å². The molecular formula is C9H9FN2O. The highest BCUT2D eigenvalue weighted by molar-refractivity contribution is 5.28. The fourth-order valence-corrected chi connectivity index (χ4v) is 1.01. The number of nitrogens with one attached hydrogen (secondary N) is 1. The van der Waals surface area contributed by atoms with Crippen LogP contribution in [-0.2, 0) is 6.42 Å². The van der Waals surface area contributed by atoms with Crippen LogP contribution in [0.25, 0.3) is 0 Å². The molecule has 3 nitrogen and oxygen atoms in total. The molecule has 1 rings (SSSR count). The summed E-state index contributed by atoms with van der Waals surface area (Å²) in [6.07, 6.45) is 2.12. The van der Waals surface area contributed by atoms with Crippen molar-refractivity contribution >= 4 is 0 Å². The van der Waals surface area contributed by atoms with Gasteiger partial charge in [-0.15, -0.1) is 0 Å². The topological polar surface area (TPSA) is 56.0 Å². The van der Waals surface area contributed by atoms with Crippen LogP contribution in [-0.4, -0.2) is 11.7 Å². The maximum absolute atomic E-state index is 13.0. The molecule has 0 unspecified atom stereocenters. The lowest BCUT2D eigenvalue weighted by molar-refractivity contribution is 0.471. The van der Waals surface area contributed by atoms with Crippen LogP contribution < -0.4 is 5.32 Å². The van der Waals surface area contributed by atoms with Gasteiger partial charge in [-0.3, -0.25) is 0 Å². The van der Waals surface area contributed by atoms with E-state index in [4.69, 9.17) is 10.4 Å². The zero-order valence-corrected chi connectivity index (χ0v) is 6.92.